The Morgan fingerprint density at radius 3 is 2.95 bits per heavy atom. The summed E-state index contributed by atoms with van der Waals surface area (Å²) in [7, 11) is 3.97. The summed E-state index contributed by atoms with van der Waals surface area (Å²) in [6.45, 7) is 3.36. The van der Waals surface area contributed by atoms with Crippen molar-refractivity contribution in [3.8, 4) is 0 Å². The molecular formula is C12H23N5O4. The topological polar surface area (TPSA) is 106 Å². The van der Waals surface area contributed by atoms with Crippen LogP contribution in [0.3, 0.4) is 0 Å². The Morgan fingerprint density at radius 2 is 2.33 bits per heavy atom. The van der Waals surface area contributed by atoms with Gasteiger partial charge in [-0.2, -0.15) is 5.10 Å². The van der Waals surface area contributed by atoms with E-state index in [-0.39, 0.29) is 12.2 Å². The van der Waals surface area contributed by atoms with Crippen molar-refractivity contribution in [3.05, 3.63) is 22.5 Å². The maximum Gasteiger partial charge on any atom is 0.306 e. The molecule has 0 spiro atoms. The van der Waals surface area contributed by atoms with Crippen molar-refractivity contribution < 1.29 is 14.8 Å². The summed E-state index contributed by atoms with van der Waals surface area (Å²) in [4.78, 5) is 12.0. The third kappa shape index (κ3) is 7.71. The van der Waals surface area contributed by atoms with Gasteiger partial charge in [0, 0.05) is 19.6 Å². The first kappa shape index (κ1) is 17.5. The van der Waals surface area contributed by atoms with Crippen molar-refractivity contribution >= 4 is 5.69 Å². The fourth-order valence-electron chi connectivity index (χ4n) is 1.59. The SMILES string of the molecule is CN(C)CCOCCNCC(O)Cn1cc([N+](=O)[O-])cn1. The number of aliphatic hydroxyl groups excluding tert-OH is 1. The van der Waals surface area contributed by atoms with Gasteiger partial charge in [-0.15, -0.1) is 0 Å². The molecule has 0 aliphatic carbocycles. The minimum atomic E-state index is -0.661. The molecule has 120 valence electrons. The van der Waals surface area contributed by atoms with Crippen molar-refractivity contribution in [1.82, 2.24) is 20.0 Å². The molecule has 0 aliphatic heterocycles. The van der Waals surface area contributed by atoms with Crippen LogP contribution in [0.25, 0.3) is 0 Å². The summed E-state index contributed by atoms with van der Waals surface area (Å²) >= 11 is 0. The number of ether oxygens (including phenoxy) is 1. The van der Waals surface area contributed by atoms with Crippen molar-refractivity contribution in [1.29, 1.82) is 0 Å². The Hall–Kier alpha value is -1.55. The van der Waals surface area contributed by atoms with Crippen LogP contribution >= 0.6 is 0 Å². The molecule has 1 aromatic heterocycles. The summed E-state index contributed by atoms with van der Waals surface area (Å²) in [5.41, 5.74) is -0.0792. The fraction of sp³-hybridized carbons (Fsp3) is 0.750. The van der Waals surface area contributed by atoms with Crippen molar-refractivity contribution in [2.45, 2.75) is 12.6 Å². The number of rotatable bonds is 11. The second-order valence-electron chi connectivity index (χ2n) is 4.95. The zero-order valence-electron chi connectivity index (χ0n) is 12.4. The van der Waals surface area contributed by atoms with Crippen LogP contribution in [-0.4, -0.2) is 77.8 Å². The van der Waals surface area contributed by atoms with Crippen LogP contribution in [0.4, 0.5) is 5.69 Å². The van der Waals surface area contributed by atoms with Crippen molar-refractivity contribution in [2.24, 2.45) is 0 Å². The highest BCUT2D eigenvalue weighted by Gasteiger charge is 2.11. The van der Waals surface area contributed by atoms with Gasteiger partial charge in [0.1, 0.15) is 12.4 Å². The zero-order chi connectivity index (χ0) is 15.7. The fourth-order valence-corrected chi connectivity index (χ4v) is 1.59. The summed E-state index contributed by atoms with van der Waals surface area (Å²) in [6, 6.07) is 0. The molecule has 0 aliphatic rings. The van der Waals surface area contributed by atoms with E-state index in [9.17, 15) is 15.2 Å². The van der Waals surface area contributed by atoms with E-state index in [2.05, 4.69) is 10.4 Å². The first-order valence-electron chi connectivity index (χ1n) is 6.77. The first-order valence-corrected chi connectivity index (χ1v) is 6.77. The number of likely N-dealkylation sites (N-methyl/N-ethyl adjacent to an activating group) is 1. The number of aliphatic hydroxyl groups is 1. The third-order valence-electron chi connectivity index (χ3n) is 2.71. The van der Waals surface area contributed by atoms with Crippen LogP contribution in [-0.2, 0) is 11.3 Å². The van der Waals surface area contributed by atoms with E-state index in [0.29, 0.717) is 26.3 Å². The van der Waals surface area contributed by atoms with Crippen LogP contribution in [0.15, 0.2) is 12.4 Å². The van der Waals surface area contributed by atoms with Crippen LogP contribution in [0, 0.1) is 10.1 Å². The third-order valence-corrected chi connectivity index (χ3v) is 2.71. The minimum absolute atomic E-state index is 0.0792. The monoisotopic (exact) mass is 301 g/mol. The lowest BCUT2D eigenvalue weighted by atomic mass is 10.3. The highest BCUT2D eigenvalue weighted by molar-refractivity contribution is 5.20. The van der Waals surface area contributed by atoms with Gasteiger partial charge in [-0.05, 0) is 14.1 Å². The second kappa shape index (κ2) is 9.40. The normalized spacial score (nSPS) is 12.8. The highest BCUT2D eigenvalue weighted by Crippen LogP contribution is 2.07. The van der Waals surface area contributed by atoms with Crippen LogP contribution in [0.2, 0.25) is 0 Å². The Bertz CT molecular complexity index is 424. The molecule has 0 amide bonds. The van der Waals surface area contributed by atoms with E-state index < -0.39 is 11.0 Å². The summed E-state index contributed by atoms with van der Waals surface area (Å²) in [5.74, 6) is 0. The number of nitro groups is 1. The highest BCUT2D eigenvalue weighted by atomic mass is 16.6. The number of hydrogen-bond donors (Lipinski definition) is 2. The van der Waals surface area contributed by atoms with Gasteiger partial charge in [0.2, 0.25) is 0 Å². The van der Waals surface area contributed by atoms with Gasteiger partial charge in [0.25, 0.3) is 0 Å². The van der Waals surface area contributed by atoms with Crippen molar-refractivity contribution in [3.63, 3.8) is 0 Å². The number of nitrogens with one attached hydrogen (secondary N) is 1. The standard InChI is InChI=1S/C12H23N5O4/c1-15(2)4-6-21-5-3-13-8-12(18)10-16-9-11(7-14-16)17(19)20/h7,9,12-13,18H,3-6,8,10H2,1-2H3. The van der Waals surface area contributed by atoms with Crippen molar-refractivity contribution in [2.75, 3.05) is 46.9 Å². The van der Waals surface area contributed by atoms with Gasteiger partial charge in [-0.1, -0.05) is 0 Å². The Balaban J connectivity index is 2.08. The average molecular weight is 301 g/mol. The van der Waals surface area contributed by atoms with Gasteiger partial charge in [0.15, 0.2) is 0 Å². The molecule has 0 fully saturated rings. The Kier molecular flexibility index (Phi) is 7.83. The summed E-state index contributed by atoms with van der Waals surface area (Å²) in [5, 5.41) is 27.2. The lowest BCUT2D eigenvalue weighted by Gasteiger charge is -2.12. The van der Waals surface area contributed by atoms with Crippen LogP contribution < -0.4 is 5.32 Å². The molecule has 9 heteroatoms. The van der Waals surface area contributed by atoms with Crippen LogP contribution in [0.1, 0.15) is 0 Å². The predicted octanol–water partition coefficient (Wildman–Crippen LogP) is -0.680. The first-order chi connectivity index (χ1) is 9.99. The summed E-state index contributed by atoms with van der Waals surface area (Å²) < 4.78 is 6.76. The summed E-state index contributed by atoms with van der Waals surface area (Å²) in [6.07, 6.45) is 1.80. The molecule has 1 rings (SSSR count). The molecule has 1 aromatic rings. The predicted molar refractivity (Wildman–Crippen MR) is 77.1 cm³/mol. The molecule has 9 nitrogen and oxygen atoms in total. The maximum absolute atomic E-state index is 10.5. The maximum atomic E-state index is 10.5. The van der Waals surface area contributed by atoms with E-state index in [0.717, 1.165) is 6.54 Å². The van der Waals surface area contributed by atoms with E-state index in [4.69, 9.17) is 4.74 Å². The van der Waals surface area contributed by atoms with Gasteiger partial charge >= 0.3 is 5.69 Å². The lowest BCUT2D eigenvalue weighted by Crippen LogP contribution is -2.32. The minimum Gasteiger partial charge on any atom is -0.390 e. The molecule has 0 aromatic carbocycles. The van der Waals surface area contributed by atoms with E-state index in [1.54, 1.807) is 0 Å². The lowest BCUT2D eigenvalue weighted by molar-refractivity contribution is -0.385. The van der Waals surface area contributed by atoms with Gasteiger partial charge in [-0.25, -0.2) is 0 Å². The molecule has 1 atom stereocenters. The van der Waals surface area contributed by atoms with Gasteiger partial charge in [0.05, 0.1) is 30.8 Å². The van der Waals surface area contributed by atoms with E-state index >= 15 is 0 Å². The van der Waals surface area contributed by atoms with Crippen LogP contribution in [0.5, 0.6) is 0 Å². The molecule has 21 heavy (non-hydrogen) atoms. The average Bonchev–Trinajstić information content (AvgIpc) is 2.86. The van der Waals surface area contributed by atoms with Gasteiger partial charge in [-0.3, -0.25) is 14.8 Å². The molecule has 0 bridgehead atoms. The molecule has 1 heterocycles. The number of aromatic nitrogens is 2. The zero-order valence-corrected chi connectivity index (χ0v) is 12.4. The Morgan fingerprint density at radius 1 is 1.57 bits per heavy atom. The van der Waals surface area contributed by atoms with E-state index in [1.807, 2.05) is 19.0 Å². The molecule has 0 radical (unpaired) electrons. The quantitative estimate of drug-likeness (QED) is 0.317. The molecule has 0 saturated carbocycles. The second-order valence-corrected chi connectivity index (χ2v) is 4.95. The smallest absolute Gasteiger partial charge is 0.306 e. The molecule has 0 saturated heterocycles. The molecule has 1 unspecified atom stereocenters. The van der Waals surface area contributed by atoms with E-state index in [1.165, 1.54) is 17.1 Å². The number of nitrogens with zero attached hydrogens (tertiary/aromatic N) is 4. The largest absolute Gasteiger partial charge is 0.390 e. The molecular weight excluding hydrogens is 278 g/mol. The van der Waals surface area contributed by atoms with Gasteiger partial charge < -0.3 is 20.1 Å². The Labute approximate surface area is 123 Å². The number of hydrogen-bond acceptors (Lipinski definition) is 7. The molecule has 2 N–H and O–H groups in total.